The van der Waals surface area contributed by atoms with Crippen LogP contribution >= 0.6 is 12.2 Å². The van der Waals surface area contributed by atoms with Gasteiger partial charge in [-0.25, -0.2) is 0 Å². The van der Waals surface area contributed by atoms with Gasteiger partial charge in [-0.3, -0.25) is 14.3 Å². The molecule has 0 aliphatic carbocycles. The Hall–Kier alpha value is -2.71. The molecule has 3 aromatic rings. The number of nitrogens with zero attached hydrogens (tertiary/aromatic N) is 6. The molecule has 0 unspecified atom stereocenters. The summed E-state index contributed by atoms with van der Waals surface area (Å²) in [6, 6.07) is 10.4. The van der Waals surface area contributed by atoms with Crippen LogP contribution in [-0.2, 0) is 19.6 Å². The third kappa shape index (κ3) is 5.02. The first-order valence-corrected chi connectivity index (χ1v) is 11.7. The zero-order valence-corrected chi connectivity index (χ0v) is 20.3. The minimum absolute atomic E-state index is 0.759. The number of anilines is 1. The molecule has 1 saturated heterocycles. The fourth-order valence-electron chi connectivity index (χ4n) is 4.20. The highest BCUT2D eigenvalue weighted by atomic mass is 32.1. The smallest absolute Gasteiger partial charge is 0.173 e. The quantitative estimate of drug-likeness (QED) is 0.578. The Kier molecular flexibility index (Phi) is 6.91. The van der Waals surface area contributed by atoms with Crippen LogP contribution in [0, 0.1) is 20.8 Å². The van der Waals surface area contributed by atoms with Crippen LogP contribution in [-0.4, -0.2) is 60.7 Å². The van der Waals surface area contributed by atoms with Gasteiger partial charge in [-0.1, -0.05) is 30.3 Å². The van der Waals surface area contributed by atoms with E-state index in [9.17, 15) is 0 Å². The molecule has 0 amide bonds. The van der Waals surface area contributed by atoms with E-state index in [1.165, 1.54) is 11.1 Å². The van der Waals surface area contributed by atoms with Gasteiger partial charge in [0.05, 0.1) is 29.3 Å². The van der Waals surface area contributed by atoms with Crippen LogP contribution in [0.1, 0.15) is 35.1 Å². The van der Waals surface area contributed by atoms with Crippen molar-refractivity contribution < 1.29 is 0 Å². The van der Waals surface area contributed by atoms with Gasteiger partial charge in [0.2, 0.25) is 0 Å². The number of aromatic nitrogens is 4. The molecule has 32 heavy (non-hydrogen) atoms. The predicted octanol–water partition coefficient (Wildman–Crippen LogP) is 3.59. The van der Waals surface area contributed by atoms with Crippen LogP contribution in [0.2, 0.25) is 0 Å². The molecule has 0 bridgehead atoms. The number of aryl methyl sites for hydroxylation is 3. The molecule has 1 N–H and O–H groups in total. The monoisotopic (exact) mass is 451 g/mol. The van der Waals surface area contributed by atoms with Gasteiger partial charge < -0.3 is 10.2 Å². The lowest BCUT2D eigenvalue weighted by molar-refractivity contribution is 0.176. The number of nitrogens with one attached hydrogen (secondary N) is 1. The fraction of sp³-hybridized carbons (Fsp3) is 0.458. The number of piperazine rings is 1. The van der Waals surface area contributed by atoms with E-state index in [2.05, 4.69) is 71.4 Å². The molecule has 2 aromatic heterocycles. The van der Waals surface area contributed by atoms with Gasteiger partial charge >= 0.3 is 0 Å². The molecular formula is C24H33N7S. The number of benzene rings is 1. The van der Waals surface area contributed by atoms with Gasteiger partial charge in [-0.15, -0.1) is 0 Å². The highest BCUT2D eigenvalue weighted by molar-refractivity contribution is 7.80. The summed E-state index contributed by atoms with van der Waals surface area (Å²) in [5.74, 6) is 0. The van der Waals surface area contributed by atoms with E-state index in [1.807, 2.05) is 22.4 Å². The number of hydrogen-bond acceptors (Lipinski definition) is 4. The summed E-state index contributed by atoms with van der Waals surface area (Å²) in [5, 5.41) is 13.6. The molecular weight excluding hydrogens is 418 g/mol. The topological polar surface area (TPSA) is 54.1 Å². The molecule has 0 atom stereocenters. The van der Waals surface area contributed by atoms with Crippen molar-refractivity contribution in [2.45, 2.75) is 47.3 Å². The van der Waals surface area contributed by atoms with Gasteiger partial charge in [0.1, 0.15) is 0 Å². The largest absolute Gasteiger partial charge is 0.346 e. The number of hydrogen-bond donors (Lipinski definition) is 1. The average Bonchev–Trinajstić information content (AvgIpc) is 3.28. The molecule has 1 aliphatic heterocycles. The first-order chi connectivity index (χ1) is 15.4. The zero-order valence-electron chi connectivity index (χ0n) is 19.5. The van der Waals surface area contributed by atoms with E-state index < -0.39 is 0 Å². The second-order valence-electron chi connectivity index (χ2n) is 8.48. The highest BCUT2D eigenvalue weighted by Crippen LogP contribution is 2.21. The molecule has 3 heterocycles. The molecule has 0 radical (unpaired) electrons. The molecule has 4 rings (SSSR count). The summed E-state index contributed by atoms with van der Waals surface area (Å²) in [7, 11) is 0. The van der Waals surface area contributed by atoms with E-state index in [0.717, 1.165) is 73.7 Å². The molecule has 1 aliphatic rings. The summed E-state index contributed by atoms with van der Waals surface area (Å²) in [4.78, 5) is 4.75. The van der Waals surface area contributed by atoms with Crippen molar-refractivity contribution in [3.05, 3.63) is 64.7 Å². The lowest BCUT2D eigenvalue weighted by Gasteiger charge is -2.36. The summed E-state index contributed by atoms with van der Waals surface area (Å²) < 4.78 is 4.06. The minimum atomic E-state index is 0.759. The van der Waals surface area contributed by atoms with Crippen molar-refractivity contribution >= 4 is 23.0 Å². The molecule has 1 aromatic carbocycles. The van der Waals surface area contributed by atoms with E-state index in [4.69, 9.17) is 17.3 Å². The van der Waals surface area contributed by atoms with Gasteiger partial charge in [-0.05, 0) is 45.5 Å². The number of rotatable bonds is 6. The van der Waals surface area contributed by atoms with Gasteiger partial charge in [-0.2, -0.15) is 10.2 Å². The molecule has 1 fully saturated rings. The third-order valence-corrected chi connectivity index (χ3v) is 6.57. The van der Waals surface area contributed by atoms with Gasteiger partial charge in [0.15, 0.2) is 5.11 Å². The lowest BCUT2D eigenvalue weighted by atomic mass is 10.2. The van der Waals surface area contributed by atoms with Crippen LogP contribution in [0.3, 0.4) is 0 Å². The van der Waals surface area contributed by atoms with Gasteiger partial charge in [0, 0.05) is 51.0 Å². The van der Waals surface area contributed by atoms with Gasteiger partial charge in [0.25, 0.3) is 0 Å². The normalized spacial score (nSPS) is 14.7. The van der Waals surface area contributed by atoms with Crippen LogP contribution in [0.15, 0.2) is 36.5 Å². The highest BCUT2D eigenvalue weighted by Gasteiger charge is 2.22. The molecule has 8 heteroatoms. The maximum atomic E-state index is 5.77. The van der Waals surface area contributed by atoms with E-state index in [0.29, 0.717) is 0 Å². The maximum absolute atomic E-state index is 5.77. The van der Waals surface area contributed by atoms with Crippen LogP contribution in [0.5, 0.6) is 0 Å². The number of thiocarbonyl (C=S) groups is 1. The van der Waals surface area contributed by atoms with Crippen molar-refractivity contribution in [2.75, 3.05) is 31.5 Å². The average molecular weight is 452 g/mol. The Bertz CT molecular complexity index is 1060. The Morgan fingerprint density at radius 3 is 2.34 bits per heavy atom. The first kappa shape index (κ1) is 22.5. The Morgan fingerprint density at radius 1 is 0.969 bits per heavy atom. The van der Waals surface area contributed by atoms with Crippen molar-refractivity contribution in [1.29, 1.82) is 0 Å². The summed E-state index contributed by atoms with van der Waals surface area (Å²) in [5.41, 5.74) is 6.79. The second kappa shape index (κ2) is 9.83. The first-order valence-electron chi connectivity index (χ1n) is 11.3. The second-order valence-corrected chi connectivity index (χ2v) is 8.86. The third-order valence-electron chi connectivity index (χ3n) is 6.21. The summed E-state index contributed by atoms with van der Waals surface area (Å²) in [6.45, 7) is 14.8. The van der Waals surface area contributed by atoms with E-state index in [1.54, 1.807) is 0 Å². The standard InChI is InChI=1S/C24H33N7S/c1-5-30-17-22(18(2)26-30)16-28-11-13-29(14-12-28)24(32)25-23-19(3)27-31(20(23)4)15-21-9-7-6-8-10-21/h6-10,17H,5,11-16H2,1-4H3,(H,25,32). The molecule has 7 nitrogen and oxygen atoms in total. The van der Waals surface area contributed by atoms with Crippen molar-refractivity contribution in [2.24, 2.45) is 0 Å². The SMILES string of the molecule is CCn1cc(CN2CCN(C(=S)Nc3c(C)nn(Cc4ccccc4)c3C)CC2)c(C)n1. The zero-order chi connectivity index (χ0) is 22.7. The Labute approximate surface area is 196 Å². The van der Waals surface area contributed by atoms with Crippen molar-refractivity contribution in [1.82, 2.24) is 29.4 Å². The molecule has 0 spiro atoms. The molecule has 170 valence electrons. The summed E-state index contributed by atoms with van der Waals surface area (Å²) >= 11 is 5.77. The maximum Gasteiger partial charge on any atom is 0.173 e. The summed E-state index contributed by atoms with van der Waals surface area (Å²) in [6.07, 6.45) is 2.17. The van der Waals surface area contributed by atoms with E-state index >= 15 is 0 Å². The Balaban J connectivity index is 1.33. The van der Waals surface area contributed by atoms with E-state index in [-0.39, 0.29) is 0 Å². The van der Waals surface area contributed by atoms with Crippen molar-refractivity contribution in [3.8, 4) is 0 Å². The predicted molar refractivity (Wildman–Crippen MR) is 133 cm³/mol. The van der Waals surface area contributed by atoms with Crippen LogP contribution in [0.4, 0.5) is 5.69 Å². The molecule has 0 saturated carbocycles. The lowest BCUT2D eigenvalue weighted by Crippen LogP contribution is -2.49. The van der Waals surface area contributed by atoms with Crippen LogP contribution in [0.25, 0.3) is 0 Å². The fourth-order valence-corrected chi connectivity index (χ4v) is 4.49. The van der Waals surface area contributed by atoms with Crippen LogP contribution < -0.4 is 5.32 Å². The van der Waals surface area contributed by atoms with Crippen molar-refractivity contribution in [3.63, 3.8) is 0 Å². The Morgan fingerprint density at radius 2 is 1.69 bits per heavy atom. The minimum Gasteiger partial charge on any atom is -0.346 e.